The third kappa shape index (κ3) is 5.09. The lowest BCUT2D eigenvalue weighted by Crippen LogP contribution is -2.50. The van der Waals surface area contributed by atoms with Crippen LogP contribution < -0.4 is 0 Å². The van der Waals surface area contributed by atoms with Crippen molar-refractivity contribution in [3.8, 4) is 0 Å². The molecule has 0 aromatic rings. The van der Waals surface area contributed by atoms with Crippen LogP contribution in [0, 0.1) is 58.2 Å². The molecule has 0 aromatic heterocycles. The maximum Gasteiger partial charge on any atom is 0.306 e. The number of carbonyl (C=O) groups is 1. The Balaban J connectivity index is 1.19. The van der Waals surface area contributed by atoms with Crippen molar-refractivity contribution in [1.82, 2.24) is 0 Å². The van der Waals surface area contributed by atoms with Crippen LogP contribution in [0.15, 0.2) is 11.6 Å². The highest BCUT2D eigenvalue weighted by Gasteiger charge is 2.59. The van der Waals surface area contributed by atoms with Gasteiger partial charge in [-0.1, -0.05) is 59.6 Å². The zero-order valence-electron chi connectivity index (χ0n) is 24.8. The van der Waals surface area contributed by atoms with Crippen molar-refractivity contribution in [3.05, 3.63) is 11.6 Å². The van der Waals surface area contributed by atoms with Gasteiger partial charge >= 0.3 is 5.97 Å². The van der Waals surface area contributed by atoms with Gasteiger partial charge in [-0.15, -0.1) is 0 Å². The van der Waals surface area contributed by atoms with E-state index in [1.54, 1.807) is 5.57 Å². The van der Waals surface area contributed by atoms with Gasteiger partial charge in [0, 0.05) is 6.42 Å². The smallest absolute Gasteiger partial charge is 0.306 e. The standard InChI is InChI=1S/C34H56O3/c1-21(2)26-10-7-22(3)19-31(26)37-32(36)14-8-23(4)28-12-13-29-27-11-9-24-20-25(35)15-17-33(24,5)30(27)16-18-34(28,29)6/h9,21-23,25-31,35H,7-8,10-20H2,1-6H3/t22-,23-,25+,26+,27+,28-,29+,30+,31+,33+,34-/m1/s1. The molecular formula is C34H56O3. The summed E-state index contributed by atoms with van der Waals surface area (Å²) < 4.78 is 6.16. The number of allylic oxidation sites excluding steroid dienone is 1. The Morgan fingerprint density at radius 1 is 1.05 bits per heavy atom. The first-order chi connectivity index (χ1) is 17.5. The predicted molar refractivity (Wildman–Crippen MR) is 151 cm³/mol. The van der Waals surface area contributed by atoms with Crippen LogP contribution in [0.25, 0.3) is 0 Å². The molecule has 0 heterocycles. The van der Waals surface area contributed by atoms with E-state index in [2.05, 4.69) is 47.6 Å². The normalized spacial score (nSPS) is 46.4. The predicted octanol–water partition coefficient (Wildman–Crippen LogP) is 8.35. The van der Waals surface area contributed by atoms with E-state index >= 15 is 0 Å². The van der Waals surface area contributed by atoms with Crippen molar-refractivity contribution in [1.29, 1.82) is 0 Å². The number of aliphatic hydroxyl groups excluding tert-OH is 1. The van der Waals surface area contributed by atoms with E-state index in [1.807, 2.05) is 0 Å². The molecule has 3 heteroatoms. The number of ether oxygens (including phenoxy) is 1. The van der Waals surface area contributed by atoms with Crippen LogP contribution >= 0.6 is 0 Å². The number of aliphatic hydroxyl groups is 1. The fraction of sp³-hybridized carbons (Fsp3) is 0.912. The second kappa shape index (κ2) is 10.6. The van der Waals surface area contributed by atoms with E-state index < -0.39 is 0 Å². The summed E-state index contributed by atoms with van der Waals surface area (Å²) in [5.74, 6) is 5.59. The van der Waals surface area contributed by atoms with Gasteiger partial charge in [-0.05, 0) is 129 Å². The molecule has 0 saturated heterocycles. The Morgan fingerprint density at radius 3 is 2.59 bits per heavy atom. The Hall–Kier alpha value is -0.830. The quantitative estimate of drug-likeness (QED) is 0.287. The maximum absolute atomic E-state index is 13.0. The SMILES string of the molecule is CC(C)[C@@H]1CC[C@@H](C)C[C@@H]1OC(=O)CC[C@@H](C)[C@H]1CC[C@H]2[C@@H]3CC=C4C[C@@H](O)CC[C@]4(C)[C@H]3CC[C@]12C. The van der Waals surface area contributed by atoms with Crippen LogP contribution in [0.4, 0.5) is 0 Å². The zero-order valence-corrected chi connectivity index (χ0v) is 24.8. The molecule has 210 valence electrons. The Bertz CT molecular complexity index is 861. The Morgan fingerprint density at radius 2 is 1.84 bits per heavy atom. The van der Waals surface area contributed by atoms with Crippen molar-refractivity contribution in [3.63, 3.8) is 0 Å². The first kappa shape index (κ1) is 27.7. The molecule has 1 N–H and O–H groups in total. The summed E-state index contributed by atoms with van der Waals surface area (Å²) >= 11 is 0. The Labute approximate surface area is 227 Å². The van der Waals surface area contributed by atoms with Crippen molar-refractivity contribution >= 4 is 5.97 Å². The van der Waals surface area contributed by atoms with Crippen molar-refractivity contribution in [2.24, 2.45) is 58.2 Å². The fourth-order valence-electron chi connectivity index (χ4n) is 10.6. The first-order valence-corrected chi connectivity index (χ1v) is 16.1. The number of fused-ring (bicyclic) bond motifs is 5. The van der Waals surface area contributed by atoms with E-state index in [0.29, 0.717) is 40.9 Å². The van der Waals surface area contributed by atoms with E-state index in [-0.39, 0.29) is 18.2 Å². The topological polar surface area (TPSA) is 46.5 Å². The molecule has 5 rings (SSSR count). The van der Waals surface area contributed by atoms with Crippen LogP contribution in [0.5, 0.6) is 0 Å². The van der Waals surface area contributed by atoms with Gasteiger partial charge in [0.25, 0.3) is 0 Å². The molecule has 0 aromatic carbocycles. The molecule has 3 nitrogen and oxygen atoms in total. The lowest BCUT2D eigenvalue weighted by Gasteiger charge is -2.58. The maximum atomic E-state index is 13.0. The van der Waals surface area contributed by atoms with E-state index in [9.17, 15) is 9.90 Å². The highest BCUT2D eigenvalue weighted by atomic mass is 16.5. The molecule has 0 unspecified atom stereocenters. The number of esters is 1. The van der Waals surface area contributed by atoms with E-state index in [4.69, 9.17) is 4.74 Å². The molecule has 0 aliphatic heterocycles. The highest BCUT2D eigenvalue weighted by molar-refractivity contribution is 5.69. The second-order valence-electron chi connectivity index (χ2n) is 15.3. The van der Waals surface area contributed by atoms with E-state index in [1.165, 1.54) is 51.4 Å². The van der Waals surface area contributed by atoms with Gasteiger partial charge in [0.1, 0.15) is 6.10 Å². The third-order valence-corrected chi connectivity index (χ3v) is 12.9. The lowest BCUT2D eigenvalue weighted by atomic mass is 9.47. The number of rotatable bonds is 6. The second-order valence-corrected chi connectivity index (χ2v) is 15.3. The van der Waals surface area contributed by atoms with Crippen LogP contribution in [0.2, 0.25) is 0 Å². The average molecular weight is 513 g/mol. The molecule has 5 aliphatic carbocycles. The molecular weight excluding hydrogens is 456 g/mol. The van der Waals surface area contributed by atoms with Crippen molar-refractivity contribution in [2.45, 2.75) is 137 Å². The van der Waals surface area contributed by atoms with Crippen LogP contribution in [0.1, 0.15) is 125 Å². The minimum Gasteiger partial charge on any atom is -0.462 e. The molecule has 4 fully saturated rings. The number of hydrogen-bond donors (Lipinski definition) is 1. The molecule has 0 spiro atoms. The Kier molecular flexibility index (Phi) is 7.96. The van der Waals surface area contributed by atoms with Gasteiger partial charge in [-0.2, -0.15) is 0 Å². The molecule has 0 bridgehead atoms. The molecule has 11 atom stereocenters. The first-order valence-electron chi connectivity index (χ1n) is 16.1. The lowest BCUT2D eigenvalue weighted by molar-refractivity contribution is -0.156. The van der Waals surface area contributed by atoms with Gasteiger partial charge in [0.2, 0.25) is 0 Å². The monoisotopic (exact) mass is 512 g/mol. The summed E-state index contributed by atoms with van der Waals surface area (Å²) in [7, 11) is 0. The van der Waals surface area contributed by atoms with Gasteiger partial charge in [-0.3, -0.25) is 4.79 Å². The number of hydrogen-bond acceptors (Lipinski definition) is 3. The minimum absolute atomic E-state index is 0.0531. The molecule has 0 amide bonds. The summed E-state index contributed by atoms with van der Waals surface area (Å²) in [5.41, 5.74) is 2.31. The average Bonchev–Trinajstić information content (AvgIpc) is 3.20. The summed E-state index contributed by atoms with van der Waals surface area (Å²) in [4.78, 5) is 13.0. The molecule has 5 aliphatic rings. The largest absolute Gasteiger partial charge is 0.462 e. The van der Waals surface area contributed by atoms with Crippen LogP contribution in [-0.4, -0.2) is 23.3 Å². The zero-order chi connectivity index (χ0) is 26.5. The van der Waals surface area contributed by atoms with Gasteiger partial charge in [0.05, 0.1) is 6.10 Å². The summed E-state index contributed by atoms with van der Waals surface area (Å²) in [6.07, 6.45) is 17.3. The molecule has 0 radical (unpaired) electrons. The third-order valence-electron chi connectivity index (χ3n) is 12.9. The van der Waals surface area contributed by atoms with Gasteiger partial charge in [0.15, 0.2) is 0 Å². The van der Waals surface area contributed by atoms with Crippen LogP contribution in [-0.2, 0) is 9.53 Å². The van der Waals surface area contributed by atoms with Crippen molar-refractivity contribution < 1.29 is 14.6 Å². The molecule has 37 heavy (non-hydrogen) atoms. The van der Waals surface area contributed by atoms with Gasteiger partial charge in [-0.25, -0.2) is 0 Å². The van der Waals surface area contributed by atoms with Crippen molar-refractivity contribution in [2.75, 3.05) is 0 Å². The van der Waals surface area contributed by atoms with Gasteiger partial charge < -0.3 is 9.84 Å². The summed E-state index contributed by atoms with van der Waals surface area (Å²) in [6.45, 7) is 14.5. The molecule has 4 saturated carbocycles. The summed E-state index contributed by atoms with van der Waals surface area (Å²) in [5, 5.41) is 10.3. The van der Waals surface area contributed by atoms with Crippen LogP contribution in [0.3, 0.4) is 0 Å². The summed E-state index contributed by atoms with van der Waals surface area (Å²) in [6, 6.07) is 0. The highest BCUT2D eigenvalue weighted by Crippen LogP contribution is 2.67. The van der Waals surface area contributed by atoms with E-state index in [0.717, 1.165) is 49.4 Å². The minimum atomic E-state index is -0.120. The number of carbonyl (C=O) groups excluding carboxylic acids is 1. The fourth-order valence-corrected chi connectivity index (χ4v) is 10.6.